The van der Waals surface area contributed by atoms with Crippen LogP contribution in [0, 0.1) is 0 Å². The first-order valence-electron chi connectivity index (χ1n) is 6.30. The van der Waals surface area contributed by atoms with Crippen molar-refractivity contribution in [3.05, 3.63) is 35.8 Å². The standard InChI is InChI=1S/C14H19N3/c1-10(2)13-7-15-14-6-11(4-5-17(13)14)12-8-16(3)9-12/h4-7,10,12H,8-9H2,1-3H3. The van der Waals surface area contributed by atoms with Gasteiger partial charge in [-0.2, -0.15) is 0 Å². The molecule has 0 saturated carbocycles. The zero-order valence-corrected chi connectivity index (χ0v) is 10.7. The van der Waals surface area contributed by atoms with Crippen LogP contribution in [0.4, 0.5) is 0 Å². The monoisotopic (exact) mass is 229 g/mol. The van der Waals surface area contributed by atoms with Crippen molar-refractivity contribution in [2.45, 2.75) is 25.7 Å². The molecule has 0 aliphatic carbocycles. The van der Waals surface area contributed by atoms with Gasteiger partial charge in [0.2, 0.25) is 0 Å². The molecular formula is C14H19N3. The maximum atomic E-state index is 4.51. The Kier molecular flexibility index (Phi) is 2.44. The molecule has 1 aliphatic heterocycles. The first-order valence-corrected chi connectivity index (χ1v) is 6.30. The van der Waals surface area contributed by atoms with E-state index in [-0.39, 0.29) is 0 Å². The van der Waals surface area contributed by atoms with Crippen molar-refractivity contribution in [2.24, 2.45) is 0 Å². The minimum atomic E-state index is 0.519. The fourth-order valence-electron chi connectivity index (χ4n) is 2.61. The van der Waals surface area contributed by atoms with Crippen molar-refractivity contribution < 1.29 is 0 Å². The molecule has 0 unspecified atom stereocenters. The van der Waals surface area contributed by atoms with E-state index in [1.54, 1.807) is 0 Å². The summed E-state index contributed by atoms with van der Waals surface area (Å²) >= 11 is 0. The molecule has 1 fully saturated rings. The summed E-state index contributed by atoms with van der Waals surface area (Å²) in [6, 6.07) is 4.49. The van der Waals surface area contributed by atoms with E-state index >= 15 is 0 Å². The molecule has 0 spiro atoms. The van der Waals surface area contributed by atoms with Gasteiger partial charge in [-0.05, 0) is 30.7 Å². The number of aromatic nitrogens is 2. The van der Waals surface area contributed by atoms with Crippen molar-refractivity contribution in [3.8, 4) is 0 Å². The van der Waals surface area contributed by atoms with Crippen LogP contribution in [0.15, 0.2) is 24.5 Å². The maximum absolute atomic E-state index is 4.51. The number of pyridine rings is 1. The second-order valence-electron chi connectivity index (χ2n) is 5.44. The predicted octanol–water partition coefficient (Wildman–Crippen LogP) is 2.49. The lowest BCUT2D eigenvalue weighted by Gasteiger charge is -2.36. The topological polar surface area (TPSA) is 20.5 Å². The molecule has 0 N–H and O–H groups in total. The van der Waals surface area contributed by atoms with Crippen molar-refractivity contribution in [3.63, 3.8) is 0 Å². The van der Waals surface area contributed by atoms with Crippen molar-refractivity contribution in [1.29, 1.82) is 0 Å². The van der Waals surface area contributed by atoms with Crippen LogP contribution in [0.1, 0.15) is 36.9 Å². The lowest BCUT2D eigenvalue weighted by Crippen LogP contribution is -2.41. The summed E-state index contributed by atoms with van der Waals surface area (Å²) < 4.78 is 2.20. The molecule has 90 valence electrons. The van der Waals surface area contributed by atoms with Crippen LogP contribution in [-0.4, -0.2) is 34.4 Å². The van der Waals surface area contributed by atoms with Gasteiger partial charge in [-0.3, -0.25) is 0 Å². The van der Waals surface area contributed by atoms with Crippen LogP contribution in [0.3, 0.4) is 0 Å². The zero-order chi connectivity index (χ0) is 12.0. The van der Waals surface area contributed by atoms with Gasteiger partial charge in [0.1, 0.15) is 5.65 Å². The summed E-state index contributed by atoms with van der Waals surface area (Å²) in [6.07, 6.45) is 4.17. The fourth-order valence-corrected chi connectivity index (χ4v) is 2.61. The summed E-state index contributed by atoms with van der Waals surface area (Å²) in [4.78, 5) is 6.86. The van der Waals surface area contributed by atoms with Crippen molar-refractivity contribution in [2.75, 3.05) is 20.1 Å². The van der Waals surface area contributed by atoms with E-state index in [0.29, 0.717) is 11.8 Å². The molecule has 3 heterocycles. The van der Waals surface area contributed by atoms with E-state index in [0.717, 1.165) is 5.65 Å². The number of likely N-dealkylation sites (N-methyl/N-ethyl adjacent to an activating group) is 1. The van der Waals surface area contributed by atoms with Crippen LogP contribution >= 0.6 is 0 Å². The largest absolute Gasteiger partial charge is 0.305 e. The number of nitrogens with zero attached hydrogens (tertiary/aromatic N) is 3. The van der Waals surface area contributed by atoms with Crippen LogP contribution in [0.25, 0.3) is 5.65 Å². The van der Waals surface area contributed by atoms with E-state index in [1.165, 1.54) is 24.3 Å². The van der Waals surface area contributed by atoms with Crippen LogP contribution in [-0.2, 0) is 0 Å². The molecule has 0 aromatic carbocycles. The van der Waals surface area contributed by atoms with Gasteiger partial charge < -0.3 is 9.30 Å². The SMILES string of the molecule is CC(C)c1cnc2cc(C3CN(C)C3)ccn12. The molecule has 0 amide bonds. The van der Waals surface area contributed by atoms with Gasteiger partial charge in [-0.15, -0.1) is 0 Å². The number of rotatable bonds is 2. The van der Waals surface area contributed by atoms with Gasteiger partial charge >= 0.3 is 0 Å². The van der Waals surface area contributed by atoms with E-state index < -0.39 is 0 Å². The van der Waals surface area contributed by atoms with Gasteiger partial charge in [-0.1, -0.05) is 13.8 Å². The van der Waals surface area contributed by atoms with Gasteiger partial charge in [0.05, 0.1) is 0 Å². The van der Waals surface area contributed by atoms with Crippen LogP contribution in [0.5, 0.6) is 0 Å². The number of likely N-dealkylation sites (tertiary alicyclic amines) is 1. The molecule has 0 atom stereocenters. The molecule has 3 nitrogen and oxygen atoms in total. The molecule has 3 rings (SSSR count). The van der Waals surface area contributed by atoms with E-state index in [4.69, 9.17) is 0 Å². The quantitative estimate of drug-likeness (QED) is 0.788. The second kappa shape index (κ2) is 3.84. The normalized spacial score (nSPS) is 17.9. The Morgan fingerprint density at radius 1 is 1.35 bits per heavy atom. The first-order chi connectivity index (χ1) is 8.15. The lowest BCUT2D eigenvalue weighted by atomic mass is 9.93. The van der Waals surface area contributed by atoms with Gasteiger partial charge in [-0.25, -0.2) is 4.98 Å². The molecule has 0 bridgehead atoms. The van der Waals surface area contributed by atoms with Gasteiger partial charge in [0.15, 0.2) is 0 Å². The molecule has 1 aliphatic rings. The maximum Gasteiger partial charge on any atom is 0.137 e. The smallest absolute Gasteiger partial charge is 0.137 e. The average Bonchev–Trinajstić information content (AvgIpc) is 2.67. The highest BCUT2D eigenvalue weighted by Crippen LogP contribution is 2.27. The van der Waals surface area contributed by atoms with Gasteiger partial charge in [0.25, 0.3) is 0 Å². The van der Waals surface area contributed by atoms with E-state index in [9.17, 15) is 0 Å². The summed E-state index contributed by atoms with van der Waals surface area (Å²) in [5, 5.41) is 0. The number of fused-ring (bicyclic) bond motifs is 1. The summed E-state index contributed by atoms with van der Waals surface area (Å²) in [5.74, 6) is 1.22. The minimum Gasteiger partial charge on any atom is -0.305 e. The molecule has 17 heavy (non-hydrogen) atoms. The van der Waals surface area contributed by atoms with Crippen molar-refractivity contribution >= 4 is 5.65 Å². The Morgan fingerprint density at radius 2 is 2.12 bits per heavy atom. The van der Waals surface area contributed by atoms with Gasteiger partial charge in [0, 0.05) is 37.1 Å². The third kappa shape index (κ3) is 1.75. The fraction of sp³-hybridized carbons (Fsp3) is 0.500. The highest BCUT2D eigenvalue weighted by molar-refractivity contribution is 5.45. The molecule has 1 saturated heterocycles. The summed E-state index contributed by atoms with van der Waals surface area (Å²) in [5.41, 5.74) is 3.80. The molecule has 2 aromatic rings. The Morgan fingerprint density at radius 3 is 2.76 bits per heavy atom. The number of hydrogen-bond acceptors (Lipinski definition) is 2. The Bertz CT molecular complexity index is 535. The molecular weight excluding hydrogens is 210 g/mol. The molecule has 0 radical (unpaired) electrons. The third-order valence-electron chi connectivity index (χ3n) is 3.69. The van der Waals surface area contributed by atoms with E-state index in [2.05, 4.69) is 53.5 Å². The molecule has 3 heteroatoms. The first kappa shape index (κ1) is 10.8. The third-order valence-corrected chi connectivity index (χ3v) is 3.69. The Balaban J connectivity index is 1.97. The predicted molar refractivity (Wildman–Crippen MR) is 69.5 cm³/mol. The lowest BCUT2D eigenvalue weighted by molar-refractivity contribution is 0.190. The zero-order valence-electron chi connectivity index (χ0n) is 10.7. The second-order valence-corrected chi connectivity index (χ2v) is 5.44. The van der Waals surface area contributed by atoms with Crippen molar-refractivity contribution in [1.82, 2.24) is 14.3 Å². The highest BCUT2D eigenvalue weighted by Gasteiger charge is 2.25. The Hall–Kier alpha value is -1.35. The highest BCUT2D eigenvalue weighted by atomic mass is 15.2. The number of hydrogen-bond donors (Lipinski definition) is 0. The minimum absolute atomic E-state index is 0.519. The van der Waals surface area contributed by atoms with Crippen LogP contribution < -0.4 is 0 Å². The summed E-state index contributed by atoms with van der Waals surface area (Å²) in [7, 11) is 2.17. The van der Waals surface area contributed by atoms with Crippen LogP contribution in [0.2, 0.25) is 0 Å². The van der Waals surface area contributed by atoms with E-state index in [1.807, 2.05) is 6.20 Å². The molecule has 2 aromatic heterocycles. The average molecular weight is 229 g/mol. The Labute approximate surface area is 102 Å². The summed E-state index contributed by atoms with van der Waals surface area (Å²) in [6.45, 7) is 6.76. The number of imidazole rings is 1.